The van der Waals surface area contributed by atoms with Crippen LogP contribution in [0.1, 0.15) is 159 Å². The van der Waals surface area contributed by atoms with E-state index in [1.165, 1.54) is 7.40 Å². The number of rotatable bonds is 0. The number of carbonyl (C=O) groups excluding carboxylic acids is 2. The fourth-order valence-corrected chi connectivity index (χ4v) is 14.3. The quantitative estimate of drug-likeness (QED) is 0.160. The lowest BCUT2D eigenvalue weighted by molar-refractivity contribution is -0.137. The summed E-state index contributed by atoms with van der Waals surface area (Å²) in [4.78, 5) is 84.5. The maximum atomic E-state index is 12.7. The van der Waals surface area contributed by atoms with Gasteiger partial charge in [-0.25, -0.2) is 26.4 Å². The van der Waals surface area contributed by atoms with Crippen molar-refractivity contribution < 1.29 is 15.5 Å². The first kappa shape index (κ1) is 50.3. The Labute approximate surface area is 413 Å². The van der Waals surface area contributed by atoms with Crippen LogP contribution in [0, 0.1) is 62.5 Å². The molecule has 1 fully saturated rings. The van der Waals surface area contributed by atoms with Gasteiger partial charge in [-0.1, -0.05) is 80.9 Å². The van der Waals surface area contributed by atoms with E-state index in [0.717, 1.165) is 83.0 Å². The first-order valence-electron chi connectivity index (χ1n) is 25.3. The standard InChI is InChI=1S/2C18H23N3O2.C18H21N3O2.CH4/c1-10-20-14-12(16(22)21(10)5)6-7-13-17(2,3)15-11(9-19-23-15)8-18(13,14)4;2*1-10-20-14-11(16(23)21(10)6)7-8-13-17(2,3)15(22)12(19-5)9-18(13,14)4;/h9,13H,6-8H2,1-5H3;12-13H,7-9H2,1-4,6H3;9,13H,7-8H2,1-4,6H3;1H4/t13-,18-;12?,13-,18-;13-,18-;/m000./s1/i;;;1T. The van der Waals surface area contributed by atoms with Crippen molar-refractivity contribution in [3.05, 3.63) is 134 Å². The molecule has 0 N–H and O–H groups in total. The number of Topliss-reactive ketones (excluding diaryl/α,β-unsaturated/α-hetero) is 2. The molecule has 1 saturated carbocycles. The Morgan fingerprint density at radius 1 is 0.657 bits per heavy atom. The van der Waals surface area contributed by atoms with Gasteiger partial charge in [-0.2, -0.15) is 0 Å². The molecular formula is C55H71N9O6. The zero-order chi connectivity index (χ0) is 52.9. The third kappa shape index (κ3) is 7.26. The van der Waals surface area contributed by atoms with Crippen LogP contribution in [0.5, 0.6) is 0 Å². The molecule has 0 saturated heterocycles. The lowest BCUT2D eigenvalue weighted by Crippen LogP contribution is -2.58. The smallest absolute Gasteiger partial charge is 0.282 e. The predicted molar refractivity (Wildman–Crippen MR) is 267 cm³/mol. The Balaban J connectivity index is 0.000000154. The van der Waals surface area contributed by atoms with Crippen LogP contribution in [-0.2, 0) is 78.1 Å². The van der Waals surface area contributed by atoms with Gasteiger partial charge in [-0.3, -0.25) is 32.9 Å². The van der Waals surface area contributed by atoms with E-state index >= 15 is 0 Å². The van der Waals surface area contributed by atoms with E-state index < -0.39 is 27.7 Å². The number of aryl methyl sites for hydroxylation is 3. The molecule has 15 nitrogen and oxygen atoms in total. The molecule has 10 rings (SSSR count). The van der Waals surface area contributed by atoms with Gasteiger partial charge >= 0.3 is 0 Å². The average Bonchev–Trinajstić information content (AvgIpc) is 3.80. The van der Waals surface area contributed by atoms with E-state index in [1.54, 1.807) is 33.9 Å². The van der Waals surface area contributed by atoms with Gasteiger partial charge in [0.1, 0.15) is 23.2 Å². The van der Waals surface area contributed by atoms with Gasteiger partial charge in [0.05, 0.1) is 29.9 Å². The summed E-state index contributed by atoms with van der Waals surface area (Å²) in [5.41, 5.74) is 4.01. The van der Waals surface area contributed by atoms with Crippen LogP contribution < -0.4 is 16.7 Å². The molecule has 70 heavy (non-hydrogen) atoms. The summed E-state index contributed by atoms with van der Waals surface area (Å²) in [6.45, 7) is 38.9. The van der Waals surface area contributed by atoms with E-state index in [9.17, 15) is 24.0 Å². The summed E-state index contributed by atoms with van der Waals surface area (Å²) in [6.07, 6.45) is 9.52. The van der Waals surface area contributed by atoms with Crippen molar-refractivity contribution >= 4 is 11.6 Å². The number of hydrogen-bond donors (Lipinski definition) is 0. The lowest BCUT2D eigenvalue weighted by Gasteiger charge is -2.52. The van der Waals surface area contributed by atoms with E-state index in [-0.39, 0.29) is 56.6 Å². The minimum absolute atomic E-state index is 0.0142. The number of ketones is 2. The molecule has 4 aromatic heterocycles. The number of hydrogen-bond acceptors (Lipinski definition) is 10. The van der Waals surface area contributed by atoms with Crippen molar-refractivity contribution in [2.24, 2.45) is 49.7 Å². The van der Waals surface area contributed by atoms with Crippen LogP contribution in [0.25, 0.3) is 9.69 Å². The maximum Gasteiger partial charge on any atom is 0.282 e. The van der Waals surface area contributed by atoms with Crippen LogP contribution in [0.2, 0.25) is 0 Å². The number of allylic oxidation sites excluding steroid dienone is 2. The molecule has 1 unspecified atom stereocenters. The fraction of sp³-hybridized carbons (Fsp3) is 0.618. The predicted octanol–water partition coefficient (Wildman–Crippen LogP) is 7.58. The Kier molecular flexibility index (Phi) is 12.3. The molecule has 6 aliphatic rings. The van der Waals surface area contributed by atoms with Crippen LogP contribution in [0.4, 0.5) is 0 Å². The van der Waals surface area contributed by atoms with E-state index in [4.69, 9.17) is 34.0 Å². The summed E-state index contributed by atoms with van der Waals surface area (Å²) in [5, 5.41) is 4.03. The lowest BCUT2D eigenvalue weighted by atomic mass is 9.50. The number of nitrogens with zero attached hydrogens (tertiary/aromatic N) is 9. The summed E-state index contributed by atoms with van der Waals surface area (Å²) in [5.74, 6) is 3.62. The first-order valence-corrected chi connectivity index (χ1v) is 24.3. The molecule has 6 aliphatic carbocycles. The van der Waals surface area contributed by atoms with Crippen molar-refractivity contribution in [3.8, 4) is 0 Å². The second-order valence-electron chi connectivity index (χ2n) is 23.1. The van der Waals surface area contributed by atoms with E-state index in [2.05, 4.69) is 42.5 Å². The molecule has 0 aliphatic heterocycles. The van der Waals surface area contributed by atoms with Crippen LogP contribution in [0.15, 0.2) is 36.9 Å². The Bertz CT molecular complexity index is 3190. The van der Waals surface area contributed by atoms with Gasteiger partial charge < -0.3 is 14.2 Å². The minimum atomic E-state index is -0.636. The third-order valence-electron chi connectivity index (χ3n) is 18.2. The summed E-state index contributed by atoms with van der Waals surface area (Å²) < 4.78 is 16.2. The van der Waals surface area contributed by atoms with Gasteiger partial charge in [0, 0.05) is 83.7 Å². The number of fused-ring (bicyclic) bond motifs is 10. The van der Waals surface area contributed by atoms with Crippen LogP contribution in [0.3, 0.4) is 0 Å². The number of aromatic nitrogens is 7. The molecule has 0 aromatic carbocycles. The third-order valence-corrected chi connectivity index (χ3v) is 18.2. The Hall–Kier alpha value is -6.09. The highest BCUT2D eigenvalue weighted by molar-refractivity contribution is 6.02. The van der Waals surface area contributed by atoms with Gasteiger partial charge in [-0.05, 0) is 83.5 Å². The van der Waals surface area contributed by atoms with Gasteiger partial charge in [0.15, 0.2) is 5.78 Å². The zero-order valence-corrected chi connectivity index (χ0v) is 44.1. The molecule has 15 heteroatoms. The van der Waals surface area contributed by atoms with Crippen LogP contribution >= 0.6 is 0 Å². The molecule has 0 spiro atoms. The average molecular weight is 956 g/mol. The van der Waals surface area contributed by atoms with Crippen molar-refractivity contribution in [2.45, 2.75) is 170 Å². The summed E-state index contributed by atoms with van der Waals surface area (Å²) in [7, 11) is 6.53. The fourth-order valence-electron chi connectivity index (χ4n) is 14.3. The molecule has 0 amide bonds. The normalized spacial score (nSPS) is 29.1. The highest BCUT2D eigenvalue weighted by atomic mass is 16.5. The zero-order valence-electron chi connectivity index (χ0n) is 45.1. The molecule has 372 valence electrons. The first-order chi connectivity index (χ1) is 33.0. The second kappa shape index (κ2) is 17.1. The summed E-state index contributed by atoms with van der Waals surface area (Å²) >= 11 is 0. The SMILES string of the molecule is Cc1nc2c(c(=O)n1C)CC[C@H]1C(C)(C)c3oncc3C[C@]21C.[3H]C.[C-]#[N+]C1=C[C@]2(C)c3nc(C)n(C)c(=O)c3CC[C@H]2C(C)(C)C1=O.[C-]#[N+]C1C[C@]2(C)c3nc(C)n(C)c(=O)c3CC[C@H]2C(C)(C)C1=O. The molecule has 4 aromatic rings. The highest BCUT2D eigenvalue weighted by Crippen LogP contribution is 2.57. The topological polar surface area (TPSA) is 174 Å². The van der Waals surface area contributed by atoms with Crippen molar-refractivity contribution in [3.63, 3.8) is 0 Å². The Morgan fingerprint density at radius 3 is 1.59 bits per heavy atom. The van der Waals surface area contributed by atoms with Gasteiger partial charge in [0.25, 0.3) is 22.7 Å². The Morgan fingerprint density at radius 2 is 1.10 bits per heavy atom. The highest BCUT2D eigenvalue weighted by Gasteiger charge is 2.61. The number of carbonyl (C=O) groups is 2. The second-order valence-corrected chi connectivity index (χ2v) is 23.1. The maximum absolute atomic E-state index is 12.7. The summed E-state index contributed by atoms with van der Waals surface area (Å²) in [6, 6.07) is -0.636. The molecular weight excluding hydrogens is 883 g/mol. The van der Waals surface area contributed by atoms with Crippen molar-refractivity contribution in [1.82, 2.24) is 33.8 Å². The molecule has 0 bridgehead atoms. The van der Waals surface area contributed by atoms with Crippen molar-refractivity contribution in [2.75, 3.05) is 0 Å². The van der Waals surface area contributed by atoms with Crippen molar-refractivity contribution in [1.29, 1.82) is 0 Å². The van der Waals surface area contributed by atoms with Crippen LogP contribution in [-0.4, -0.2) is 51.4 Å². The van der Waals surface area contributed by atoms with Gasteiger partial charge in [-0.15, -0.1) is 0 Å². The molecule has 4 heterocycles. The van der Waals surface area contributed by atoms with E-state index in [1.807, 2.05) is 68.6 Å². The monoisotopic (exact) mass is 956 g/mol. The largest absolute Gasteiger partial charge is 0.361 e. The molecule has 0 radical (unpaired) electrons. The van der Waals surface area contributed by atoms with Gasteiger partial charge in [0.2, 0.25) is 11.5 Å². The molecule has 7 atom stereocenters. The van der Waals surface area contributed by atoms with E-state index in [0.29, 0.717) is 36.8 Å². The minimum Gasteiger partial charge on any atom is -0.361 e.